The Bertz CT molecular complexity index is 1300. The third-order valence-electron chi connectivity index (χ3n) is 5.26. The van der Waals surface area contributed by atoms with Crippen molar-refractivity contribution >= 4 is 26.7 Å². The summed E-state index contributed by atoms with van der Waals surface area (Å²) in [6.45, 7) is 6.02. The Kier molecular flexibility index (Phi) is 4.71. The van der Waals surface area contributed by atoms with Crippen molar-refractivity contribution < 1.29 is 8.42 Å². The number of hydrogen-bond donors (Lipinski definition) is 1. The third kappa shape index (κ3) is 3.54. The average Bonchev–Trinajstić information content (AvgIpc) is 2.93. The molecule has 148 valence electrons. The van der Waals surface area contributed by atoms with Crippen LogP contribution in [0.1, 0.15) is 16.7 Å². The molecule has 4 rings (SSSR count). The minimum Gasteiger partial charge on any atom is -0.329 e. The summed E-state index contributed by atoms with van der Waals surface area (Å²) in [5.41, 5.74) is 6.16. The summed E-state index contributed by atoms with van der Waals surface area (Å²) in [5.74, 6) is 0.565. The summed E-state index contributed by atoms with van der Waals surface area (Å²) >= 11 is 0. The summed E-state index contributed by atoms with van der Waals surface area (Å²) in [4.78, 5) is 0.249. The smallest absolute Gasteiger partial charge is 0.263 e. The van der Waals surface area contributed by atoms with Crippen LogP contribution in [-0.2, 0) is 17.1 Å². The zero-order valence-corrected chi connectivity index (χ0v) is 17.8. The molecule has 29 heavy (non-hydrogen) atoms. The number of anilines is 1. The van der Waals surface area contributed by atoms with E-state index in [9.17, 15) is 8.42 Å². The first kappa shape index (κ1) is 19.3. The largest absolute Gasteiger partial charge is 0.329 e. The lowest BCUT2D eigenvalue weighted by atomic mass is 10.0. The molecule has 0 spiro atoms. The van der Waals surface area contributed by atoms with Crippen LogP contribution in [-0.4, -0.2) is 13.0 Å². The van der Waals surface area contributed by atoms with E-state index in [1.807, 2.05) is 68.8 Å². The van der Waals surface area contributed by atoms with E-state index in [0.717, 1.165) is 38.7 Å². The maximum atomic E-state index is 13.1. The molecule has 0 unspecified atom stereocenters. The van der Waals surface area contributed by atoms with E-state index in [0.29, 0.717) is 5.82 Å². The van der Waals surface area contributed by atoms with Crippen LogP contribution in [0.4, 0.5) is 5.82 Å². The molecule has 0 aliphatic rings. The first-order valence-corrected chi connectivity index (χ1v) is 11.0. The quantitative estimate of drug-likeness (QED) is 0.483. The van der Waals surface area contributed by atoms with Gasteiger partial charge in [0.05, 0.1) is 10.4 Å². The van der Waals surface area contributed by atoms with Crippen LogP contribution < -0.4 is 4.72 Å². The van der Waals surface area contributed by atoms with Crippen LogP contribution in [0.5, 0.6) is 0 Å². The topological polar surface area (TPSA) is 51.1 Å². The second-order valence-corrected chi connectivity index (χ2v) is 9.27. The fourth-order valence-electron chi connectivity index (χ4n) is 3.59. The molecule has 1 heterocycles. The first-order valence-electron chi connectivity index (χ1n) is 9.52. The van der Waals surface area contributed by atoms with Crippen molar-refractivity contribution in [2.24, 2.45) is 7.05 Å². The van der Waals surface area contributed by atoms with Crippen molar-refractivity contribution in [1.29, 1.82) is 0 Å². The van der Waals surface area contributed by atoms with Gasteiger partial charge in [-0.3, -0.25) is 4.72 Å². The van der Waals surface area contributed by atoms with Crippen LogP contribution in [0.2, 0.25) is 0 Å². The standard InChI is InChI=1S/C24H24N2O2S/c1-16-5-10-19(11-6-16)23-21-15-18(3)9-14-22(21)26(4)24(23)25-29(27,28)20-12-7-17(2)8-13-20/h5-15,25H,1-4H3. The number of benzene rings is 3. The normalized spacial score (nSPS) is 11.7. The molecule has 0 atom stereocenters. The number of fused-ring (bicyclic) bond motifs is 1. The van der Waals surface area contributed by atoms with E-state index >= 15 is 0 Å². The van der Waals surface area contributed by atoms with E-state index in [1.54, 1.807) is 24.3 Å². The lowest BCUT2D eigenvalue weighted by Crippen LogP contribution is -2.15. The zero-order chi connectivity index (χ0) is 20.8. The van der Waals surface area contributed by atoms with E-state index in [4.69, 9.17) is 0 Å². The predicted molar refractivity (Wildman–Crippen MR) is 120 cm³/mol. The first-order chi connectivity index (χ1) is 13.8. The molecule has 5 heteroatoms. The molecule has 0 radical (unpaired) electrons. The molecule has 0 aliphatic heterocycles. The highest BCUT2D eigenvalue weighted by atomic mass is 32.2. The van der Waals surface area contributed by atoms with Crippen molar-refractivity contribution in [2.75, 3.05) is 4.72 Å². The van der Waals surface area contributed by atoms with Crippen LogP contribution in [0.15, 0.2) is 71.6 Å². The molecule has 1 N–H and O–H groups in total. The highest BCUT2D eigenvalue weighted by molar-refractivity contribution is 7.92. The number of aryl methyl sites for hydroxylation is 4. The number of rotatable bonds is 4. The number of sulfonamides is 1. The Morgan fingerprint density at radius 1 is 0.759 bits per heavy atom. The molecule has 0 fully saturated rings. The molecule has 1 aromatic heterocycles. The lowest BCUT2D eigenvalue weighted by molar-refractivity contribution is 0.600. The van der Waals surface area contributed by atoms with Gasteiger partial charge in [-0.1, -0.05) is 59.2 Å². The molecule has 0 saturated heterocycles. The number of nitrogens with one attached hydrogen (secondary N) is 1. The summed E-state index contributed by atoms with van der Waals surface area (Å²) in [7, 11) is -1.83. The van der Waals surface area contributed by atoms with Gasteiger partial charge in [0.2, 0.25) is 0 Å². The monoisotopic (exact) mass is 404 g/mol. The van der Waals surface area contributed by atoms with E-state index in [2.05, 4.69) is 10.8 Å². The molecule has 3 aromatic carbocycles. The van der Waals surface area contributed by atoms with Gasteiger partial charge in [-0.05, 0) is 50.6 Å². The minimum absolute atomic E-state index is 0.249. The Hall–Kier alpha value is -3.05. The Balaban J connectivity index is 1.94. The second kappa shape index (κ2) is 7.08. The van der Waals surface area contributed by atoms with Crippen LogP contribution in [0.3, 0.4) is 0 Å². The molecular formula is C24H24N2O2S. The van der Waals surface area contributed by atoms with Crippen molar-refractivity contribution in [2.45, 2.75) is 25.7 Å². The molecular weight excluding hydrogens is 380 g/mol. The Morgan fingerprint density at radius 2 is 1.31 bits per heavy atom. The van der Waals surface area contributed by atoms with Crippen molar-refractivity contribution in [3.05, 3.63) is 83.4 Å². The fourth-order valence-corrected chi connectivity index (χ4v) is 4.70. The highest BCUT2D eigenvalue weighted by Gasteiger charge is 2.22. The van der Waals surface area contributed by atoms with Gasteiger partial charge in [-0.2, -0.15) is 0 Å². The van der Waals surface area contributed by atoms with Gasteiger partial charge in [0, 0.05) is 18.0 Å². The molecule has 0 amide bonds. The Labute approximate surface area is 171 Å². The zero-order valence-electron chi connectivity index (χ0n) is 17.0. The number of aromatic nitrogens is 1. The SMILES string of the molecule is Cc1ccc(-c2c(NS(=O)(=O)c3ccc(C)cc3)n(C)c3ccc(C)cc23)cc1. The Morgan fingerprint density at radius 3 is 1.93 bits per heavy atom. The summed E-state index contributed by atoms with van der Waals surface area (Å²) in [6, 6.07) is 21.2. The maximum Gasteiger partial charge on any atom is 0.263 e. The van der Waals surface area contributed by atoms with E-state index < -0.39 is 10.0 Å². The van der Waals surface area contributed by atoms with Gasteiger partial charge in [0.15, 0.2) is 0 Å². The number of nitrogens with zero attached hydrogens (tertiary/aromatic N) is 1. The van der Waals surface area contributed by atoms with Crippen LogP contribution >= 0.6 is 0 Å². The maximum absolute atomic E-state index is 13.1. The van der Waals surface area contributed by atoms with Gasteiger partial charge in [0.25, 0.3) is 10.0 Å². The van der Waals surface area contributed by atoms with Gasteiger partial charge in [-0.15, -0.1) is 0 Å². The van der Waals surface area contributed by atoms with Crippen LogP contribution in [0.25, 0.3) is 22.0 Å². The highest BCUT2D eigenvalue weighted by Crippen LogP contribution is 2.39. The average molecular weight is 405 g/mol. The minimum atomic E-state index is -3.72. The van der Waals surface area contributed by atoms with Crippen molar-refractivity contribution in [3.8, 4) is 11.1 Å². The summed E-state index contributed by atoms with van der Waals surface area (Å²) in [5, 5.41) is 1.03. The van der Waals surface area contributed by atoms with Gasteiger partial charge in [-0.25, -0.2) is 8.42 Å². The molecule has 4 aromatic rings. The second-order valence-electron chi connectivity index (χ2n) is 7.59. The molecule has 4 nitrogen and oxygen atoms in total. The predicted octanol–water partition coefficient (Wildman–Crippen LogP) is 5.57. The molecule has 0 aliphatic carbocycles. The summed E-state index contributed by atoms with van der Waals surface area (Å²) in [6.07, 6.45) is 0. The van der Waals surface area contributed by atoms with Crippen LogP contribution in [0, 0.1) is 20.8 Å². The fraction of sp³-hybridized carbons (Fsp3) is 0.167. The van der Waals surface area contributed by atoms with Crippen molar-refractivity contribution in [1.82, 2.24) is 4.57 Å². The van der Waals surface area contributed by atoms with Crippen molar-refractivity contribution in [3.63, 3.8) is 0 Å². The molecule has 0 bridgehead atoms. The van der Waals surface area contributed by atoms with Gasteiger partial charge in [0.1, 0.15) is 5.82 Å². The third-order valence-corrected chi connectivity index (χ3v) is 6.61. The van der Waals surface area contributed by atoms with E-state index in [1.165, 1.54) is 0 Å². The molecule has 0 saturated carbocycles. The lowest BCUT2D eigenvalue weighted by Gasteiger charge is -2.12. The van der Waals surface area contributed by atoms with Gasteiger partial charge < -0.3 is 4.57 Å². The van der Waals surface area contributed by atoms with Gasteiger partial charge >= 0.3 is 0 Å². The summed E-state index contributed by atoms with van der Waals surface area (Å²) < 4.78 is 31.0. The number of hydrogen-bond acceptors (Lipinski definition) is 2. The van der Waals surface area contributed by atoms with E-state index in [-0.39, 0.29) is 4.90 Å².